The lowest BCUT2D eigenvalue weighted by atomic mass is 9.82. The van der Waals surface area contributed by atoms with Crippen molar-refractivity contribution >= 4 is 44.9 Å². The summed E-state index contributed by atoms with van der Waals surface area (Å²) < 4.78 is 5.94. The highest BCUT2D eigenvalue weighted by Crippen LogP contribution is 2.40. The number of hydrogen-bond acceptors (Lipinski definition) is 5. The summed E-state index contributed by atoms with van der Waals surface area (Å²) in [6, 6.07) is 16.6. The molecule has 0 bridgehead atoms. The molecular formula is C24H29ClN4OS. The molecule has 2 aromatic carbocycles. The summed E-state index contributed by atoms with van der Waals surface area (Å²) >= 11 is 8.29. The van der Waals surface area contributed by atoms with Crippen LogP contribution in [0.1, 0.15) is 30.4 Å². The Bertz CT molecular complexity index is 1060. The summed E-state index contributed by atoms with van der Waals surface area (Å²) in [7, 11) is 0. The molecule has 1 amide bonds. The van der Waals surface area contributed by atoms with E-state index in [-0.39, 0.29) is 5.91 Å². The first kappa shape index (κ1) is 22.1. The van der Waals surface area contributed by atoms with Crippen LogP contribution in [-0.4, -0.2) is 47.9 Å². The smallest absolute Gasteiger partial charge is 0.224 e. The number of benzene rings is 2. The number of anilines is 1. The van der Waals surface area contributed by atoms with E-state index in [0.717, 1.165) is 50.5 Å². The summed E-state index contributed by atoms with van der Waals surface area (Å²) in [6.07, 6.45) is 0.897. The van der Waals surface area contributed by atoms with Crippen molar-refractivity contribution in [3.63, 3.8) is 0 Å². The number of primary amides is 1. The molecule has 31 heavy (non-hydrogen) atoms. The van der Waals surface area contributed by atoms with Crippen molar-refractivity contribution in [1.82, 2.24) is 9.27 Å². The third kappa shape index (κ3) is 4.56. The SMILES string of the molecule is CC(C)(C(N)=O)C(Cl)c1ccccc1CCN1CCN(c2nsc3ccccc23)CC1. The van der Waals surface area contributed by atoms with E-state index in [1.54, 1.807) is 11.5 Å². The Labute approximate surface area is 193 Å². The molecule has 4 rings (SSSR count). The second-order valence-electron chi connectivity index (χ2n) is 8.73. The molecule has 1 aliphatic heterocycles. The van der Waals surface area contributed by atoms with E-state index in [4.69, 9.17) is 21.7 Å². The number of halogens is 1. The molecule has 0 aliphatic carbocycles. The molecule has 1 saturated heterocycles. The first-order chi connectivity index (χ1) is 14.9. The topological polar surface area (TPSA) is 62.5 Å². The first-order valence-electron chi connectivity index (χ1n) is 10.7. The molecular weight excluding hydrogens is 428 g/mol. The molecule has 1 atom stereocenters. The molecule has 0 saturated carbocycles. The largest absolute Gasteiger partial charge is 0.369 e. The van der Waals surface area contributed by atoms with Gasteiger partial charge in [0.25, 0.3) is 0 Å². The van der Waals surface area contributed by atoms with E-state index in [2.05, 4.69) is 40.1 Å². The van der Waals surface area contributed by atoms with Crippen LogP contribution in [0.4, 0.5) is 5.82 Å². The van der Waals surface area contributed by atoms with Crippen LogP contribution in [0, 0.1) is 5.41 Å². The number of alkyl halides is 1. The van der Waals surface area contributed by atoms with Gasteiger partial charge in [-0.1, -0.05) is 36.4 Å². The molecule has 7 heteroatoms. The Balaban J connectivity index is 1.38. The van der Waals surface area contributed by atoms with Crippen molar-refractivity contribution < 1.29 is 4.79 Å². The average molecular weight is 457 g/mol. The predicted molar refractivity (Wildman–Crippen MR) is 130 cm³/mol. The van der Waals surface area contributed by atoms with Crippen molar-refractivity contribution in [3.8, 4) is 0 Å². The highest BCUT2D eigenvalue weighted by Gasteiger charge is 2.36. The molecule has 0 spiro atoms. The number of nitrogens with zero attached hydrogens (tertiary/aromatic N) is 3. The van der Waals surface area contributed by atoms with Crippen LogP contribution < -0.4 is 10.6 Å². The minimum absolute atomic E-state index is 0.381. The molecule has 164 valence electrons. The number of carbonyl (C=O) groups is 1. The van der Waals surface area contributed by atoms with Gasteiger partial charge in [0.1, 0.15) is 5.82 Å². The van der Waals surface area contributed by atoms with Crippen molar-refractivity contribution in [1.29, 1.82) is 0 Å². The van der Waals surface area contributed by atoms with E-state index in [1.165, 1.54) is 15.6 Å². The zero-order chi connectivity index (χ0) is 22.0. The zero-order valence-corrected chi connectivity index (χ0v) is 19.6. The first-order valence-corrected chi connectivity index (χ1v) is 11.9. The standard InChI is InChI=1S/C24H29ClN4OS/c1-24(2,23(26)30)21(25)18-8-4-3-7-17(18)11-12-28-13-15-29(16-14-28)22-19-9-5-6-10-20(19)31-27-22/h3-10,21H,11-16H2,1-2H3,(H2,26,30). The minimum Gasteiger partial charge on any atom is -0.369 e. The van der Waals surface area contributed by atoms with Gasteiger partial charge in [-0.05, 0) is 55.1 Å². The highest BCUT2D eigenvalue weighted by atomic mass is 35.5. The molecule has 1 fully saturated rings. The molecule has 1 aromatic heterocycles. The molecule has 2 heterocycles. The van der Waals surface area contributed by atoms with Crippen LogP contribution in [0.5, 0.6) is 0 Å². The van der Waals surface area contributed by atoms with E-state index < -0.39 is 10.8 Å². The summed E-state index contributed by atoms with van der Waals surface area (Å²) in [4.78, 5) is 16.8. The van der Waals surface area contributed by atoms with E-state index >= 15 is 0 Å². The lowest BCUT2D eigenvalue weighted by molar-refractivity contribution is -0.126. The Morgan fingerprint density at radius 2 is 1.81 bits per heavy atom. The van der Waals surface area contributed by atoms with E-state index in [1.807, 2.05) is 32.0 Å². The Hall–Kier alpha value is -2.15. The van der Waals surface area contributed by atoms with Gasteiger partial charge in [-0.15, -0.1) is 11.6 Å². The fourth-order valence-electron chi connectivity index (χ4n) is 4.09. The minimum atomic E-state index is -0.806. The van der Waals surface area contributed by atoms with Crippen molar-refractivity contribution in [2.75, 3.05) is 37.6 Å². The molecule has 5 nitrogen and oxygen atoms in total. The Morgan fingerprint density at radius 3 is 2.55 bits per heavy atom. The normalized spacial score (nSPS) is 16.5. The molecule has 1 aliphatic rings. The highest BCUT2D eigenvalue weighted by molar-refractivity contribution is 7.13. The number of amides is 1. The predicted octanol–water partition coefficient (Wildman–Crippen LogP) is 4.45. The second-order valence-corrected chi connectivity index (χ2v) is 9.97. The van der Waals surface area contributed by atoms with Gasteiger partial charge < -0.3 is 10.6 Å². The number of nitrogens with two attached hydrogens (primary N) is 1. The van der Waals surface area contributed by atoms with Crippen LogP contribution in [-0.2, 0) is 11.2 Å². The van der Waals surface area contributed by atoms with Gasteiger partial charge in [-0.25, -0.2) is 0 Å². The van der Waals surface area contributed by atoms with Gasteiger partial charge in [0, 0.05) is 38.1 Å². The van der Waals surface area contributed by atoms with Gasteiger partial charge in [0.15, 0.2) is 0 Å². The number of aromatic nitrogens is 1. The van der Waals surface area contributed by atoms with E-state index in [9.17, 15) is 4.79 Å². The number of piperazine rings is 1. The van der Waals surface area contributed by atoms with Crippen LogP contribution in [0.25, 0.3) is 10.1 Å². The maximum absolute atomic E-state index is 11.9. The quantitative estimate of drug-likeness (QED) is 0.533. The van der Waals surface area contributed by atoms with Crippen LogP contribution in [0.3, 0.4) is 0 Å². The maximum atomic E-state index is 11.9. The van der Waals surface area contributed by atoms with Gasteiger partial charge in [-0.2, -0.15) is 4.37 Å². The third-order valence-electron chi connectivity index (χ3n) is 6.32. The van der Waals surface area contributed by atoms with Gasteiger partial charge in [0.2, 0.25) is 5.91 Å². The van der Waals surface area contributed by atoms with Gasteiger partial charge >= 0.3 is 0 Å². The van der Waals surface area contributed by atoms with Crippen LogP contribution in [0.2, 0.25) is 0 Å². The molecule has 1 unspecified atom stereocenters. The van der Waals surface area contributed by atoms with E-state index in [0.29, 0.717) is 0 Å². The van der Waals surface area contributed by atoms with Crippen molar-refractivity contribution in [2.45, 2.75) is 25.6 Å². The number of fused-ring (bicyclic) bond motifs is 1. The molecule has 0 radical (unpaired) electrons. The molecule has 2 N–H and O–H groups in total. The lowest BCUT2D eigenvalue weighted by Crippen LogP contribution is -2.47. The summed E-state index contributed by atoms with van der Waals surface area (Å²) in [5.74, 6) is 0.734. The lowest BCUT2D eigenvalue weighted by Gasteiger charge is -2.35. The average Bonchev–Trinajstić information content (AvgIpc) is 3.22. The Kier molecular flexibility index (Phi) is 6.51. The van der Waals surface area contributed by atoms with Crippen LogP contribution in [0.15, 0.2) is 48.5 Å². The third-order valence-corrected chi connectivity index (χ3v) is 7.92. The second kappa shape index (κ2) is 9.15. The summed E-state index contributed by atoms with van der Waals surface area (Å²) in [6.45, 7) is 8.54. The number of hydrogen-bond donors (Lipinski definition) is 1. The van der Waals surface area contributed by atoms with Crippen molar-refractivity contribution in [2.24, 2.45) is 11.1 Å². The van der Waals surface area contributed by atoms with Crippen LogP contribution >= 0.6 is 23.1 Å². The summed E-state index contributed by atoms with van der Waals surface area (Å²) in [5.41, 5.74) is 6.98. The molecule has 3 aromatic rings. The van der Waals surface area contributed by atoms with Gasteiger partial charge in [-0.3, -0.25) is 9.69 Å². The van der Waals surface area contributed by atoms with Gasteiger partial charge in [0.05, 0.1) is 15.5 Å². The Morgan fingerprint density at radius 1 is 1.13 bits per heavy atom. The summed E-state index contributed by atoms with van der Waals surface area (Å²) in [5, 5.41) is 0.802. The monoisotopic (exact) mass is 456 g/mol. The number of rotatable bonds is 7. The van der Waals surface area contributed by atoms with Crippen molar-refractivity contribution in [3.05, 3.63) is 59.7 Å². The number of carbonyl (C=O) groups excluding carboxylic acids is 1. The fraction of sp³-hybridized carbons (Fsp3) is 0.417. The fourth-order valence-corrected chi connectivity index (χ4v) is 5.20. The zero-order valence-electron chi connectivity index (χ0n) is 18.1. The maximum Gasteiger partial charge on any atom is 0.224 e.